The van der Waals surface area contributed by atoms with Gasteiger partial charge < -0.3 is 14.4 Å². The van der Waals surface area contributed by atoms with Gasteiger partial charge in [-0.2, -0.15) is 0 Å². The fourth-order valence-electron chi connectivity index (χ4n) is 2.04. The molecule has 1 amide bonds. The van der Waals surface area contributed by atoms with Crippen molar-refractivity contribution in [3.63, 3.8) is 0 Å². The second kappa shape index (κ2) is 6.59. The van der Waals surface area contributed by atoms with E-state index in [0.717, 1.165) is 6.42 Å². The van der Waals surface area contributed by atoms with E-state index in [1.54, 1.807) is 4.90 Å². The second-order valence-corrected chi connectivity index (χ2v) is 4.22. The SMILES string of the molecule is CCN(CCC(=O)OC)C(=O)C1CCOC1C. The summed E-state index contributed by atoms with van der Waals surface area (Å²) in [5.41, 5.74) is 0. The van der Waals surface area contributed by atoms with E-state index in [-0.39, 0.29) is 30.3 Å². The van der Waals surface area contributed by atoms with Crippen molar-refractivity contribution >= 4 is 11.9 Å². The molecule has 0 spiro atoms. The molecular formula is C12H21NO4. The average molecular weight is 243 g/mol. The van der Waals surface area contributed by atoms with Crippen LogP contribution in [0.15, 0.2) is 0 Å². The fraction of sp³-hybridized carbons (Fsp3) is 0.833. The van der Waals surface area contributed by atoms with Crippen LogP contribution in [0.3, 0.4) is 0 Å². The van der Waals surface area contributed by atoms with Crippen LogP contribution in [-0.4, -0.2) is 49.7 Å². The predicted molar refractivity (Wildman–Crippen MR) is 62.4 cm³/mol. The van der Waals surface area contributed by atoms with Gasteiger partial charge in [0.2, 0.25) is 5.91 Å². The minimum Gasteiger partial charge on any atom is -0.469 e. The van der Waals surface area contributed by atoms with Crippen molar-refractivity contribution in [3.8, 4) is 0 Å². The highest BCUT2D eigenvalue weighted by Crippen LogP contribution is 2.22. The van der Waals surface area contributed by atoms with E-state index < -0.39 is 0 Å². The summed E-state index contributed by atoms with van der Waals surface area (Å²) in [4.78, 5) is 24.9. The normalized spacial score (nSPS) is 23.5. The number of amides is 1. The maximum absolute atomic E-state index is 12.2. The molecule has 5 heteroatoms. The molecule has 0 bridgehead atoms. The third-order valence-corrected chi connectivity index (χ3v) is 3.20. The van der Waals surface area contributed by atoms with Crippen molar-refractivity contribution in [2.24, 2.45) is 5.92 Å². The lowest BCUT2D eigenvalue weighted by molar-refractivity contribution is -0.142. The minimum absolute atomic E-state index is 0.0188. The summed E-state index contributed by atoms with van der Waals surface area (Å²) in [6, 6.07) is 0. The molecule has 0 aromatic carbocycles. The average Bonchev–Trinajstić information content (AvgIpc) is 2.75. The highest BCUT2D eigenvalue weighted by atomic mass is 16.5. The Morgan fingerprint density at radius 3 is 2.65 bits per heavy atom. The summed E-state index contributed by atoms with van der Waals surface area (Å²) in [5.74, 6) is -0.263. The second-order valence-electron chi connectivity index (χ2n) is 4.22. The minimum atomic E-state index is -0.285. The molecule has 0 saturated carbocycles. The molecule has 1 aliphatic heterocycles. The first-order chi connectivity index (χ1) is 8.10. The summed E-state index contributed by atoms with van der Waals surface area (Å²) in [6.07, 6.45) is 1.00. The molecule has 0 aromatic rings. The third-order valence-electron chi connectivity index (χ3n) is 3.20. The number of methoxy groups -OCH3 is 1. The van der Waals surface area contributed by atoms with E-state index in [0.29, 0.717) is 19.7 Å². The number of ether oxygens (including phenoxy) is 2. The van der Waals surface area contributed by atoms with Crippen LogP contribution in [-0.2, 0) is 19.1 Å². The number of carbonyl (C=O) groups is 2. The smallest absolute Gasteiger partial charge is 0.307 e. The number of nitrogens with zero attached hydrogens (tertiary/aromatic N) is 1. The van der Waals surface area contributed by atoms with Gasteiger partial charge in [0.1, 0.15) is 0 Å². The molecular weight excluding hydrogens is 222 g/mol. The fourth-order valence-corrected chi connectivity index (χ4v) is 2.04. The maximum Gasteiger partial charge on any atom is 0.307 e. The number of hydrogen-bond acceptors (Lipinski definition) is 4. The Labute approximate surface area is 102 Å². The van der Waals surface area contributed by atoms with Gasteiger partial charge in [-0.15, -0.1) is 0 Å². The summed E-state index contributed by atoms with van der Waals surface area (Å²) >= 11 is 0. The van der Waals surface area contributed by atoms with Gasteiger partial charge in [0.15, 0.2) is 0 Å². The molecule has 2 unspecified atom stereocenters. The van der Waals surface area contributed by atoms with Crippen molar-refractivity contribution in [1.29, 1.82) is 0 Å². The molecule has 2 atom stereocenters. The molecule has 1 rings (SSSR count). The third kappa shape index (κ3) is 3.70. The zero-order chi connectivity index (χ0) is 12.8. The predicted octanol–water partition coefficient (Wildman–Crippen LogP) is 0.823. The highest BCUT2D eigenvalue weighted by molar-refractivity contribution is 5.80. The van der Waals surface area contributed by atoms with Crippen LogP contribution in [0, 0.1) is 5.92 Å². The maximum atomic E-state index is 12.2. The van der Waals surface area contributed by atoms with Crippen molar-refractivity contribution < 1.29 is 19.1 Å². The Balaban J connectivity index is 2.48. The zero-order valence-electron chi connectivity index (χ0n) is 10.8. The highest BCUT2D eigenvalue weighted by Gasteiger charge is 2.33. The Morgan fingerprint density at radius 2 is 2.18 bits per heavy atom. The van der Waals surface area contributed by atoms with E-state index in [4.69, 9.17) is 4.74 Å². The summed E-state index contributed by atoms with van der Waals surface area (Å²) in [7, 11) is 1.35. The van der Waals surface area contributed by atoms with Crippen LogP contribution >= 0.6 is 0 Å². The van der Waals surface area contributed by atoms with Crippen molar-refractivity contribution in [3.05, 3.63) is 0 Å². The number of esters is 1. The Morgan fingerprint density at radius 1 is 1.47 bits per heavy atom. The van der Waals surface area contributed by atoms with Crippen molar-refractivity contribution in [2.45, 2.75) is 32.8 Å². The molecule has 0 N–H and O–H groups in total. The van der Waals surface area contributed by atoms with Gasteiger partial charge in [-0.1, -0.05) is 0 Å². The van der Waals surface area contributed by atoms with Crippen LogP contribution in [0.1, 0.15) is 26.7 Å². The molecule has 1 saturated heterocycles. The summed E-state index contributed by atoms with van der Waals surface area (Å²) in [5, 5.41) is 0. The first kappa shape index (κ1) is 14.0. The van der Waals surface area contributed by atoms with Crippen LogP contribution in [0.4, 0.5) is 0 Å². The molecule has 1 heterocycles. The number of hydrogen-bond donors (Lipinski definition) is 0. The van der Waals surface area contributed by atoms with E-state index >= 15 is 0 Å². The van der Waals surface area contributed by atoms with Crippen LogP contribution in [0.5, 0.6) is 0 Å². The molecule has 5 nitrogen and oxygen atoms in total. The molecule has 98 valence electrons. The van der Waals surface area contributed by atoms with E-state index in [1.165, 1.54) is 7.11 Å². The quantitative estimate of drug-likeness (QED) is 0.671. The van der Waals surface area contributed by atoms with Gasteiger partial charge in [-0.05, 0) is 20.3 Å². The van der Waals surface area contributed by atoms with E-state index in [2.05, 4.69) is 4.74 Å². The standard InChI is InChI=1S/C12H21NO4/c1-4-13(7-5-11(14)16-3)12(15)10-6-8-17-9(10)2/h9-10H,4-8H2,1-3H3. The largest absolute Gasteiger partial charge is 0.469 e. The van der Waals surface area contributed by atoms with Gasteiger partial charge in [0.05, 0.1) is 25.6 Å². The van der Waals surface area contributed by atoms with E-state index in [1.807, 2.05) is 13.8 Å². The molecule has 0 radical (unpaired) electrons. The molecule has 0 aliphatic carbocycles. The van der Waals surface area contributed by atoms with Crippen LogP contribution < -0.4 is 0 Å². The lowest BCUT2D eigenvalue weighted by Gasteiger charge is -2.25. The van der Waals surface area contributed by atoms with Gasteiger partial charge in [-0.3, -0.25) is 9.59 Å². The molecule has 0 aromatic heterocycles. The Hall–Kier alpha value is -1.10. The Kier molecular flexibility index (Phi) is 5.41. The number of carbonyl (C=O) groups excluding carboxylic acids is 2. The first-order valence-corrected chi connectivity index (χ1v) is 6.07. The summed E-state index contributed by atoms with van der Waals surface area (Å²) in [6.45, 7) is 5.51. The number of rotatable bonds is 5. The molecule has 1 aliphatic rings. The van der Waals surface area contributed by atoms with Crippen LogP contribution in [0.25, 0.3) is 0 Å². The topological polar surface area (TPSA) is 55.8 Å². The first-order valence-electron chi connectivity index (χ1n) is 6.07. The summed E-state index contributed by atoms with van der Waals surface area (Å²) < 4.78 is 9.96. The van der Waals surface area contributed by atoms with E-state index in [9.17, 15) is 9.59 Å². The van der Waals surface area contributed by atoms with Crippen molar-refractivity contribution in [2.75, 3.05) is 26.8 Å². The van der Waals surface area contributed by atoms with Gasteiger partial charge in [0, 0.05) is 19.7 Å². The lowest BCUT2D eigenvalue weighted by Crippen LogP contribution is -2.39. The Bertz CT molecular complexity index is 280. The van der Waals surface area contributed by atoms with Crippen LogP contribution in [0.2, 0.25) is 0 Å². The lowest BCUT2D eigenvalue weighted by atomic mass is 10.0. The molecule has 1 fully saturated rings. The zero-order valence-corrected chi connectivity index (χ0v) is 10.8. The monoisotopic (exact) mass is 243 g/mol. The van der Waals surface area contributed by atoms with Gasteiger partial charge in [0.25, 0.3) is 0 Å². The van der Waals surface area contributed by atoms with Gasteiger partial charge >= 0.3 is 5.97 Å². The van der Waals surface area contributed by atoms with Gasteiger partial charge in [-0.25, -0.2) is 0 Å². The molecule has 17 heavy (non-hydrogen) atoms. The van der Waals surface area contributed by atoms with Crippen molar-refractivity contribution in [1.82, 2.24) is 4.90 Å².